The highest BCUT2D eigenvalue weighted by atomic mass is 16.3. The minimum absolute atomic E-state index is 0.0310. The van der Waals surface area contributed by atoms with Crippen molar-refractivity contribution < 1.29 is 9.90 Å². The van der Waals surface area contributed by atoms with E-state index in [0.717, 1.165) is 19.6 Å². The van der Waals surface area contributed by atoms with Crippen molar-refractivity contribution in [2.45, 2.75) is 12.5 Å². The maximum atomic E-state index is 11.5. The van der Waals surface area contributed by atoms with Gasteiger partial charge in [-0.15, -0.1) is 0 Å². The zero-order chi connectivity index (χ0) is 10.6. The van der Waals surface area contributed by atoms with Crippen LogP contribution < -0.4 is 0 Å². The van der Waals surface area contributed by atoms with E-state index in [-0.39, 0.29) is 18.6 Å². The van der Waals surface area contributed by atoms with Gasteiger partial charge in [-0.2, -0.15) is 0 Å². The van der Waals surface area contributed by atoms with Gasteiger partial charge in [-0.25, -0.2) is 0 Å². The second-order valence-corrected chi connectivity index (χ2v) is 3.66. The Labute approximate surface area is 84.8 Å². The van der Waals surface area contributed by atoms with E-state index < -0.39 is 0 Å². The monoisotopic (exact) mass is 198 g/mol. The summed E-state index contributed by atoms with van der Waals surface area (Å²) in [6.45, 7) is 6.06. The number of hydrogen-bond acceptors (Lipinski definition) is 3. The normalized spacial score (nSPS) is 23.6. The van der Waals surface area contributed by atoms with E-state index in [1.807, 2.05) is 7.05 Å². The van der Waals surface area contributed by atoms with Gasteiger partial charge >= 0.3 is 0 Å². The maximum absolute atomic E-state index is 11.5. The molecule has 1 amide bonds. The number of rotatable bonds is 3. The van der Waals surface area contributed by atoms with E-state index in [1.54, 1.807) is 4.90 Å². The smallest absolute Gasteiger partial charge is 0.246 e. The van der Waals surface area contributed by atoms with Crippen LogP contribution >= 0.6 is 0 Å². The van der Waals surface area contributed by atoms with Crippen molar-refractivity contribution in [2.75, 3.05) is 33.3 Å². The van der Waals surface area contributed by atoms with E-state index in [2.05, 4.69) is 11.5 Å². The van der Waals surface area contributed by atoms with Crippen molar-refractivity contribution in [1.82, 2.24) is 9.80 Å². The molecule has 0 aromatic heterocycles. The van der Waals surface area contributed by atoms with Crippen LogP contribution in [0.5, 0.6) is 0 Å². The van der Waals surface area contributed by atoms with E-state index in [1.165, 1.54) is 6.08 Å². The van der Waals surface area contributed by atoms with Gasteiger partial charge in [0.25, 0.3) is 0 Å². The van der Waals surface area contributed by atoms with Crippen LogP contribution in [-0.4, -0.2) is 60.1 Å². The van der Waals surface area contributed by atoms with Crippen molar-refractivity contribution >= 4 is 5.91 Å². The van der Waals surface area contributed by atoms with Crippen LogP contribution in [0.2, 0.25) is 0 Å². The molecule has 1 saturated heterocycles. The second-order valence-electron chi connectivity index (χ2n) is 3.66. The number of aliphatic hydroxyl groups excluding tert-OH is 1. The summed E-state index contributed by atoms with van der Waals surface area (Å²) < 4.78 is 0. The quantitative estimate of drug-likeness (QED) is 0.633. The van der Waals surface area contributed by atoms with Gasteiger partial charge in [0.2, 0.25) is 5.91 Å². The molecule has 4 heteroatoms. The second kappa shape index (κ2) is 5.12. The van der Waals surface area contributed by atoms with Gasteiger partial charge < -0.3 is 14.9 Å². The first-order chi connectivity index (χ1) is 6.69. The number of aliphatic hydroxyl groups is 1. The summed E-state index contributed by atoms with van der Waals surface area (Å²) in [5, 5.41) is 8.89. The average Bonchev–Trinajstić information content (AvgIpc) is 2.17. The standard InChI is InChI=1S/C10H18N2O2/c1-3-10(14)12-6-5-11(2)8-9(12)4-7-13/h3,9,13H,1,4-8H2,2H3. The molecule has 1 aliphatic rings. The Morgan fingerprint density at radius 1 is 1.64 bits per heavy atom. The summed E-state index contributed by atoms with van der Waals surface area (Å²) in [4.78, 5) is 15.4. The van der Waals surface area contributed by atoms with Crippen molar-refractivity contribution in [3.8, 4) is 0 Å². The molecule has 4 nitrogen and oxygen atoms in total. The van der Waals surface area contributed by atoms with Gasteiger partial charge in [0.1, 0.15) is 0 Å². The summed E-state index contributed by atoms with van der Waals surface area (Å²) in [7, 11) is 2.03. The predicted octanol–water partition coefficient (Wildman–Crippen LogP) is -0.303. The minimum atomic E-state index is -0.0310. The first-order valence-electron chi connectivity index (χ1n) is 4.91. The molecule has 0 spiro atoms. The Balaban J connectivity index is 2.61. The Morgan fingerprint density at radius 3 is 2.93 bits per heavy atom. The molecule has 0 aliphatic carbocycles. The average molecular weight is 198 g/mol. The SMILES string of the molecule is C=CC(=O)N1CCN(C)CC1CCO. The molecule has 0 aromatic rings. The fourth-order valence-electron chi connectivity index (χ4n) is 1.81. The van der Waals surface area contributed by atoms with Crippen LogP contribution in [0, 0.1) is 0 Å². The maximum Gasteiger partial charge on any atom is 0.246 e. The predicted molar refractivity (Wildman–Crippen MR) is 54.9 cm³/mol. The lowest BCUT2D eigenvalue weighted by molar-refractivity contribution is -0.130. The number of hydrogen-bond donors (Lipinski definition) is 1. The first-order valence-corrected chi connectivity index (χ1v) is 4.91. The van der Waals surface area contributed by atoms with E-state index in [0.29, 0.717) is 6.42 Å². The van der Waals surface area contributed by atoms with Gasteiger partial charge in [-0.1, -0.05) is 6.58 Å². The lowest BCUT2D eigenvalue weighted by atomic mass is 10.1. The molecule has 1 rings (SSSR count). The molecule has 1 unspecified atom stereocenters. The van der Waals surface area contributed by atoms with Crippen LogP contribution in [-0.2, 0) is 4.79 Å². The van der Waals surface area contributed by atoms with Gasteiger partial charge in [0, 0.05) is 32.3 Å². The van der Waals surface area contributed by atoms with Crippen molar-refractivity contribution in [3.05, 3.63) is 12.7 Å². The Bertz CT molecular complexity index is 218. The molecule has 1 fully saturated rings. The fraction of sp³-hybridized carbons (Fsp3) is 0.700. The molecule has 0 saturated carbocycles. The van der Waals surface area contributed by atoms with Gasteiger partial charge in [0.15, 0.2) is 0 Å². The first kappa shape index (κ1) is 11.2. The summed E-state index contributed by atoms with van der Waals surface area (Å²) in [5.74, 6) is -0.0310. The summed E-state index contributed by atoms with van der Waals surface area (Å²) in [6, 6.07) is 0.129. The zero-order valence-electron chi connectivity index (χ0n) is 8.65. The Hall–Kier alpha value is -0.870. The third-order valence-corrected chi connectivity index (χ3v) is 2.61. The highest BCUT2D eigenvalue weighted by molar-refractivity contribution is 5.87. The zero-order valence-corrected chi connectivity index (χ0v) is 8.65. The largest absolute Gasteiger partial charge is 0.396 e. The fourth-order valence-corrected chi connectivity index (χ4v) is 1.81. The molecule has 0 aromatic carbocycles. The number of amides is 1. The molecular weight excluding hydrogens is 180 g/mol. The lowest BCUT2D eigenvalue weighted by Crippen LogP contribution is -2.53. The van der Waals surface area contributed by atoms with Crippen LogP contribution in [0.4, 0.5) is 0 Å². The molecule has 14 heavy (non-hydrogen) atoms. The van der Waals surface area contributed by atoms with E-state index in [4.69, 9.17) is 5.11 Å². The highest BCUT2D eigenvalue weighted by Gasteiger charge is 2.26. The third-order valence-electron chi connectivity index (χ3n) is 2.61. The van der Waals surface area contributed by atoms with E-state index >= 15 is 0 Å². The topological polar surface area (TPSA) is 43.8 Å². The molecule has 0 bridgehead atoms. The third kappa shape index (κ3) is 2.56. The molecule has 1 N–H and O–H groups in total. The lowest BCUT2D eigenvalue weighted by Gasteiger charge is -2.39. The Morgan fingerprint density at radius 2 is 2.36 bits per heavy atom. The molecule has 1 atom stereocenters. The molecule has 1 heterocycles. The number of nitrogens with zero attached hydrogens (tertiary/aromatic N) is 2. The van der Waals surface area contributed by atoms with Crippen molar-refractivity contribution in [3.63, 3.8) is 0 Å². The van der Waals surface area contributed by atoms with Crippen molar-refractivity contribution in [1.29, 1.82) is 0 Å². The minimum Gasteiger partial charge on any atom is -0.396 e. The van der Waals surface area contributed by atoms with Crippen molar-refractivity contribution in [2.24, 2.45) is 0 Å². The number of carbonyl (C=O) groups excluding carboxylic acids is 1. The molecule has 80 valence electrons. The summed E-state index contributed by atoms with van der Waals surface area (Å²) in [5.41, 5.74) is 0. The van der Waals surface area contributed by atoms with Crippen LogP contribution in [0.25, 0.3) is 0 Å². The van der Waals surface area contributed by atoms with Gasteiger partial charge in [0.05, 0.1) is 0 Å². The molecular formula is C10H18N2O2. The van der Waals surface area contributed by atoms with Crippen LogP contribution in [0.15, 0.2) is 12.7 Å². The Kier molecular flexibility index (Phi) is 4.10. The van der Waals surface area contributed by atoms with Gasteiger partial charge in [-0.05, 0) is 19.5 Å². The highest BCUT2D eigenvalue weighted by Crippen LogP contribution is 2.11. The van der Waals surface area contributed by atoms with Crippen LogP contribution in [0.1, 0.15) is 6.42 Å². The summed E-state index contributed by atoms with van der Waals surface area (Å²) >= 11 is 0. The van der Waals surface area contributed by atoms with Gasteiger partial charge in [-0.3, -0.25) is 4.79 Å². The number of carbonyl (C=O) groups is 1. The number of likely N-dealkylation sites (N-methyl/N-ethyl adjacent to an activating group) is 1. The van der Waals surface area contributed by atoms with Crippen LogP contribution in [0.3, 0.4) is 0 Å². The molecule has 0 radical (unpaired) electrons. The summed E-state index contributed by atoms with van der Waals surface area (Å²) in [6.07, 6.45) is 1.99. The number of piperazine rings is 1. The molecule has 1 aliphatic heterocycles. The van der Waals surface area contributed by atoms with E-state index in [9.17, 15) is 4.79 Å².